The van der Waals surface area contributed by atoms with E-state index in [1.165, 1.54) is 7.11 Å². The van der Waals surface area contributed by atoms with E-state index in [9.17, 15) is 9.90 Å². The minimum Gasteiger partial charge on any atom is -0.502 e. The molecule has 10 heteroatoms. The van der Waals surface area contributed by atoms with Crippen LogP contribution in [0.25, 0.3) is 0 Å². The molecule has 0 spiro atoms. The maximum Gasteiger partial charge on any atom is 0.210 e. The maximum atomic E-state index is 12.6. The fraction of sp³-hybridized carbons (Fsp3) is 0.342. The van der Waals surface area contributed by atoms with Crippen molar-refractivity contribution in [3.05, 3.63) is 88.0 Å². The number of carbonyl (C=O) groups excluding carboxylic acids is 1. The fourth-order valence-electron chi connectivity index (χ4n) is 7.36. The lowest BCUT2D eigenvalue weighted by Gasteiger charge is -2.38. The molecule has 250 valence electrons. The molecule has 0 unspecified atom stereocenters. The Morgan fingerprint density at radius 1 is 0.771 bits per heavy atom. The van der Waals surface area contributed by atoms with Gasteiger partial charge in [-0.1, -0.05) is 18.2 Å². The Morgan fingerprint density at radius 2 is 1.50 bits per heavy atom. The van der Waals surface area contributed by atoms with E-state index in [1.54, 1.807) is 26.2 Å². The van der Waals surface area contributed by atoms with Crippen LogP contribution in [-0.2, 0) is 30.5 Å². The van der Waals surface area contributed by atoms with E-state index in [4.69, 9.17) is 28.4 Å². The molecule has 48 heavy (non-hydrogen) atoms. The Bertz CT molecular complexity index is 1860. The number of carbonyl (C=O) groups is 1. The first kappa shape index (κ1) is 31.5. The van der Waals surface area contributed by atoms with Crippen molar-refractivity contribution in [2.45, 2.75) is 37.8 Å². The van der Waals surface area contributed by atoms with Crippen LogP contribution in [0.15, 0.2) is 54.6 Å². The summed E-state index contributed by atoms with van der Waals surface area (Å²) in [6, 6.07) is 17.3. The second kappa shape index (κ2) is 12.8. The average Bonchev–Trinajstić information content (AvgIpc) is 3.10. The van der Waals surface area contributed by atoms with Gasteiger partial charge in [0.1, 0.15) is 5.75 Å². The largest absolute Gasteiger partial charge is 0.502 e. The van der Waals surface area contributed by atoms with Crippen LogP contribution in [-0.4, -0.2) is 69.9 Å². The van der Waals surface area contributed by atoms with Gasteiger partial charge in [0.2, 0.25) is 17.9 Å². The highest BCUT2D eigenvalue weighted by molar-refractivity contribution is 5.67. The predicted octanol–water partition coefficient (Wildman–Crippen LogP) is 6.39. The van der Waals surface area contributed by atoms with Crippen LogP contribution in [0.5, 0.6) is 51.7 Å². The summed E-state index contributed by atoms with van der Waals surface area (Å²) in [6.07, 6.45) is 3.27. The number of methoxy groups -OCH3 is 4. The Morgan fingerprint density at radius 3 is 2.21 bits per heavy atom. The second-order valence-corrected chi connectivity index (χ2v) is 12.4. The molecule has 8 bridgehead atoms. The van der Waals surface area contributed by atoms with Crippen molar-refractivity contribution in [2.75, 3.05) is 48.6 Å². The van der Waals surface area contributed by atoms with Gasteiger partial charge in [0.05, 0.1) is 34.5 Å². The van der Waals surface area contributed by atoms with Gasteiger partial charge in [-0.25, -0.2) is 0 Å². The van der Waals surface area contributed by atoms with Crippen molar-refractivity contribution >= 4 is 6.41 Å². The molecule has 4 aromatic rings. The van der Waals surface area contributed by atoms with Crippen LogP contribution in [0.3, 0.4) is 0 Å². The van der Waals surface area contributed by atoms with Gasteiger partial charge in [-0.3, -0.25) is 9.69 Å². The molecule has 0 fully saturated rings. The fourth-order valence-corrected chi connectivity index (χ4v) is 7.36. The zero-order valence-corrected chi connectivity index (χ0v) is 27.9. The number of likely N-dealkylation sites (N-methyl/N-ethyl adjacent to an activating group) is 1. The monoisotopic (exact) mass is 652 g/mol. The molecule has 0 aliphatic carbocycles. The zero-order valence-electron chi connectivity index (χ0n) is 27.9. The van der Waals surface area contributed by atoms with Gasteiger partial charge in [0, 0.05) is 30.3 Å². The topological polar surface area (TPSA) is 99.2 Å². The third-order valence-electron chi connectivity index (χ3n) is 9.88. The number of amides is 1. The van der Waals surface area contributed by atoms with Gasteiger partial charge in [-0.2, -0.15) is 0 Å². The summed E-state index contributed by atoms with van der Waals surface area (Å²) in [5.74, 6) is 3.66. The normalized spacial score (nSPS) is 18.4. The molecule has 4 aromatic carbocycles. The molecular formula is C38H40N2O8. The number of phenols is 1. The zero-order chi connectivity index (χ0) is 33.5. The van der Waals surface area contributed by atoms with Crippen molar-refractivity contribution in [3.63, 3.8) is 0 Å². The van der Waals surface area contributed by atoms with Gasteiger partial charge in [0.15, 0.2) is 34.5 Å². The SMILES string of the molecule is COc1ccc2cc1Oc1ccc(cc1)C[C@H]1c3cc(OC)c(OC)c(c3CCN1C)Oc1c(O)c(OC)cc3c1[C@H](C2)N(C=O)CC3. The summed E-state index contributed by atoms with van der Waals surface area (Å²) in [4.78, 5) is 16.7. The van der Waals surface area contributed by atoms with Gasteiger partial charge in [0.25, 0.3) is 0 Å². The minimum atomic E-state index is -0.469. The Kier molecular flexibility index (Phi) is 8.43. The lowest BCUT2D eigenvalue weighted by atomic mass is 9.86. The molecule has 4 aliphatic heterocycles. The van der Waals surface area contributed by atoms with Crippen LogP contribution in [0.4, 0.5) is 0 Å². The molecule has 0 saturated carbocycles. The minimum absolute atomic E-state index is 0.00413. The van der Waals surface area contributed by atoms with Crippen LogP contribution in [0, 0.1) is 0 Å². The molecular weight excluding hydrogens is 612 g/mol. The van der Waals surface area contributed by atoms with E-state index in [2.05, 4.69) is 24.1 Å². The highest BCUT2D eigenvalue weighted by Crippen LogP contribution is 2.54. The molecule has 4 aliphatic rings. The van der Waals surface area contributed by atoms with Crippen molar-refractivity contribution in [1.29, 1.82) is 0 Å². The third kappa shape index (κ3) is 5.39. The van der Waals surface area contributed by atoms with E-state index < -0.39 is 6.04 Å². The van der Waals surface area contributed by atoms with Crippen molar-refractivity contribution < 1.29 is 38.3 Å². The molecule has 10 nitrogen and oxygen atoms in total. The highest BCUT2D eigenvalue weighted by Gasteiger charge is 2.37. The van der Waals surface area contributed by atoms with E-state index in [-0.39, 0.29) is 17.5 Å². The van der Waals surface area contributed by atoms with E-state index in [1.807, 2.05) is 42.5 Å². The Labute approximate surface area is 280 Å². The Hall–Kier alpha value is -5.09. The van der Waals surface area contributed by atoms with Gasteiger partial charge in [-0.05, 0) is 91.4 Å². The van der Waals surface area contributed by atoms with Crippen LogP contribution in [0.1, 0.15) is 45.5 Å². The molecule has 0 saturated heterocycles. The number of nitrogens with zero attached hydrogens (tertiary/aromatic N) is 2. The van der Waals surface area contributed by atoms with E-state index in [0.29, 0.717) is 71.6 Å². The number of hydrogen-bond donors (Lipinski definition) is 1. The number of hydrogen-bond acceptors (Lipinski definition) is 9. The number of ether oxygens (including phenoxy) is 6. The first-order valence-corrected chi connectivity index (χ1v) is 16.1. The highest BCUT2D eigenvalue weighted by atomic mass is 16.5. The van der Waals surface area contributed by atoms with Crippen molar-refractivity contribution in [3.8, 4) is 51.7 Å². The smallest absolute Gasteiger partial charge is 0.210 e. The summed E-state index contributed by atoms with van der Waals surface area (Å²) in [5.41, 5.74) is 5.73. The molecule has 4 heterocycles. The summed E-state index contributed by atoms with van der Waals surface area (Å²) in [6.45, 7) is 1.27. The lowest BCUT2D eigenvalue weighted by molar-refractivity contribution is -0.120. The molecule has 0 radical (unpaired) electrons. The quantitative estimate of drug-likeness (QED) is 0.246. The van der Waals surface area contributed by atoms with E-state index in [0.717, 1.165) is 47.2 Å². The summed E-state index contributed by atoms with van der Waals surface area (Å²) >= 11 is 0. The lowest BCUT2D eigenvalue weighted by Crippen LogP contribution is -2.36. The number of rotatable bonds is 5. The average molecular weight is 653 g/mol. The molecule has 2 atom stereocenters. The summed E-state index contributed by atoms with van der Waals surface area (Å²) < 4.78 is 36.5. The van der Waals surface area contributed by atoms with Crippen LogP contribution >= 0.6 is 0 Å². The van der Waals surface area contributed by atoms with Gasteiger partial charge in [-0.15, -0.1) is 0 Å². The third-order valence-corrected chi connectivity index (χ3v) is 9.88. The number of fused-ring (bicyclic) bond motifs is 2. The summed E-state index contributed by atoms with van der Waals surface area (Å²) in [5, 5.41) is 11.8. The first-order chi connectivity index (χ1) is 23.4. The number of benzene rings is 4. The van der Waals surface area contributed by atoms with Crippen LogP contribution in [0.2, 0.25) is 0 Å². The van der Waals surface area contributed by atoms with Crippen molar-refractivity contribution in [1.82, 2.24) is 9.80 Å². The predicted molar refractivity (Wildman–Crippen MR) is 179 cm³/mol. The molecule has 1 amide bonds. The molecule has 8 rings (SSSR count). The molecule has 0 aromatic heterocycles. The summed E-state index contributed by atoms with van der Waals surface area (Å²) in [7, 11) is 8.45. The first-order valence-electron chi connectivity index (χ1n) is 16.1. The van der Waals surface area contributed by atoms with Crippen molar-refractivity contribution in [2.24, 2.45) is 0 Å². The van der Waals surface area contributed by atoms with Gasteiger partial charge < -0.3 is 38.4 Å². The second-order valence-electron chi connectivity index (χ2n) is 12.4. The van der Waals surface area contributed by atoms with Crippen LogP contribution < -0.4 is 28.4 Å². The standard InChI is InChI=1S/C38H40N2O8/c1-39-14-13-26-27-20-33(45-4)37(46-5)36(26)48-38-34-24(19-32(44-3)35(38)42)12-15-40(21-41)29(34)17-23-8-11-30(43-2)31(18-23)47-25-9-6-22(7-10-25)16-28(27)39/h6-11,18-21,28-29,42H,12-17H2,1-5H3/t28-,29-/m0/s1. The maximum absolute atomic E-state index is 12.6. The molecule has 1 N–H and O–H groups in total. The number of aromatic hydroxyl groups is 1. The Balaban J connectivity index is 1.51. The van der Waals surface area contributed by atoms with E-state index >= 15 is 0 Å². The van der Waals surface area contributed by atoms with Gasteiger partial charge >= 0.3 is 0 Å². The number of phenolic OH excluding ortho intramolecular Hbond substituents is 1.